The van der Waals surface area contributed by atoms with Crippen molar-refractivity contribution in [3.8, 4) is 11.3 Å². The van der Waals surface area contributed by atoms with Crippen LogP contribution < -0.4 is 5.73 Å². The molecule has 0 radical (unpaired) electrons. The van der Waals surface area contributed by atoms with Gasteiger partial charge in [0.1, 0.15) is 0 Å². The summed E-state index contributed by atoms with van der Waals surface area (Å²) >= 11 is 2.87. The minimum absolute atomic E-state index is 0.451. The first-order valence-corrected chi connectivity index (χ1v) is 10.1. The van der Waals surface area contributed by atoms with Crippen LogP contribution in [0.3, 0.4) is 0 Å². The van der Waals surface area contributed by atoms with Gasteiger partial charge in [-0.25, -0.2) is 9.97 Å². The third-order valence-corrected chi connectivity index (χ3v) is 4.94. The normalized spacial score (nSPS) is 10.9. The van der Waals surface area contributed by atoms with Crippen molar-refractivity contribution in [2.24, 2.45) is 11.7 Å². The molecule has 0 saturated carbocycles. The van der Waals surface area contributed by atoms with Gasteiger partial charge >= 0.3 is 0 Å². The first-order valence-electron chi connectivity index (χ1n) is 8.10. The smallest absolute Gasteiger partial charge is 0.188 e. The Balaban J connectivity index is 2.37. The molecule has 0 aliphatic rings. The molecule has 1 aromatic carbocycles. The highest BCUT2D eigenvalue weighted by atomic mass is 32.2. The summed E-state index contributed by atoms with van der Waals surface area (Å²) in [6.07, 6.45) is 2.70. The van der Waals surface area contributed by atoms with Gasteiger partial charge in [0, 0.05) is 17.0 Å². The van der Waals surface area contributed by atoms with Crippen molar-refractivity contribution in [2.45, 2.75) is 32.0 Å². The Morgan fingerprint density at radius 3 is 2.64 bits per heavy atom. The molecule has 2 rings (SSSR count). The maximum absolute atomic E-state index is 8.12. The lowest BCUT2D eigenvalue weighted by molar-refractivity contribution is 0.687. The Bertz CT molecular complexity index is 772. The van der Waals surface area contributed by atoms with Crippen LogP contribution in [0.1, 0.15) is 31.5 Å². The van der Waals surface area contributed by atoms with E-state index >= 15 is 0 Å². The Kier molecular flexibility index (Phi) is 7.23. The minimum Gasteiger partial charge on any atom is -0.326 e. The summed E-state index contributed by atoms with van der Waals surface area (Å²) in [5, 5.41) is 9.41. The fraction of sp³-hybridized carbons (Fsp3) is 0.316. The summed E-state index contributed by atoms with van der Waals surface area (Å²) in [5.74, 6) is 0.451. The van der Waals surface area contributed by atoms with Crippen molar-refractivity contribution in [3.63, 3.8) is 0 Å². The molecular weight excluding hydrogens is 348 g/mol. The van der Waals surface area contributed by atoms with Gasteiger partial charge in [0.15, 0.2) is 5.16 Å². The molecule has 0 aliphatic heterocycles. The van der Waals surface area contributed by atoms with E-state index in [1.54, 1.807) is 0 Å². The first-order chi connectivity index (χ1) is 11.9. The van der Waals surface area contributed by atoms with Gasteiger partial charge in [-0.2, -0.15) is 0 Å². The SMILES string of the molecule is C=C(SC(=N)CC(C)C)c1cc(-c2ccccc2CN)nc(SC)n1. The second kappa shape index (κ2) is 9.17. The summed E-state index contributed by atoms with van der Waals surface area (Å²) in [6.45, 7) is 8.79. The van der Waals surface area contributed by atoms with Gasteiger partial charge in [-0.15, -0.1) is 0 Å². The minimum atomic E-state index is 0.451. The molecule has 0 fully saturated rings. The Morgan fingerprint density at radius 1 is 1.28 bits per heavy atom. The maximum atomic E-state index is 8.12. The predicted octanol–water partition coefficient (Wildman–Crippen LogP) is 5.05. The molecule has 25 heavy (non-hydrogen) atoms. The molecule has 3 N–H and O–H groups in total. The lowest BCUT2D eigenvalue weighted by atomic mass is 10.0. The number of hydrogen-bond donors (Lipinski definition) is 2. The number of thioether (sulfide) groups is 2. The number of aromatic nitrogens is 2. The van der Waals surface area contributed by atoms with E-state index in [4.69, 9.17) is 11.1 Å². The summed E-state index contributed by atoms with van der Waals surface area (Å²) in [7, 11) is 0. The molecular formula is C19H24N4S2. The number of nitrogens with one attached hydrogen (secondary N) is 1. The van der Waals surface area contributed by atoms with E-state index < -0.39 is 0 Å². The molecule has 0 unspecified atom stereocenters. The van der Waals surface area contributed by atoms with Crippen molar-refractivity contribution in [1.29, 1.82) is 5.41 Å². The van der Waals surface area contributed by atoms with Crippen LogP contribution in [0.2, 0.25) is 0 Å². The number of nitrogens with two attached hydrogens (primary N) is 1. The zero-order chi connectivity index (χ0) is 18.4. The largest absolute Gasteiger partial charge is 0.326 e. The third-order valence-electron chi connectivity index (χ3n) is 3.53. The monoisotopic (exact) mass is 372 g/mol. The lowest BCUT2D eigenvalue weighted by Crippen LogP contribution is -2.02. The number of benzene rings is 1. The highest BCUT2D eigenvalue weighted by molar-refractivity contribution is 8.21. The zero-order valence-electron chi connectivity index (χ0n) is 14.9. The average molecular weight is 373 g/mol. The molecule has 6 heteroatoms. The van der Waals surface area contributed by atoms with E-state index in [2.05, 4.69) is 30.4 Å². The molecule has 0 aliphatic carbocycles. The van der Waals surface area contributed by atoms with Crippen LogP contribution >= 0.6 is 23.5 Å². The van der Waals surface area contributed by atoms with Crippen molar-refractivity contribution < 1.29 is 0 Å². The number of rotatable bonds is 7. The summed E-state index contributed by atoms with van der Waals surface area (Å²) in [6, 6.07) is 9.93. The van der Waals surface area contributed by atoms with Crippen LogP contribution in [0.4, 0.5) is 0 Å². The van der Waals surface area contributed by atoms with Crippen LogP contribution in [0.25, 0.3) is 16.2 Å². The molecule has 132 valence electrons. The second-order valence-corrected chi connectivity index (χ2v) is 8.00. The molecule has 0 spiro atoms. The first kappa shape index (κ1) is 19.7. The van der Waals surface area contributed by atoms with E-state index in [0.29, 0.717) is 22.7 Å². The van der Waals surface area contributed by atoms with E-state index in [9.17, 15) is 0 Å². The average Bonchev–Trinajstić information content (AvgIpc) is 2.60. The zero-order valence-corrected chi connectivity index (χ0v) is 16.5. The predicted molar refractivity (Wildman–Crippen MR) is 111 cm³/mol. The van der Waals surface area contributed by atoms with Crippen molar-refractivity contribution in [3.05, 3.63) is 48.2 Å². The van der Waals surface area contributed by atoms with Gasteiger partial charge in [-0.05, 0) is 30.2 Å². The van der Waals surface area contributed by atoms with E-state index in [1.807, 2.05) is 36.6 Å². The Hall–Kier alpha value is -1.63. The van der Waals surface area contributed by atoms with Crippen LogP contribution in [-0.4, -0.2) is 21.3 Å². The van der Waals surface area contributed by atoms with Gasteiger partial charge in [0.25, 0.3) is 0 Å². The number of nitrogens with zero attached hydrogens (tertiary/aromatic N) is 2. The summed E-state index contributed by atoms with van der Waals surface area (Å²) in [4.78, 5) is 9.97. The van der Waals surface area contributed by atoms with Crippen molar-refractivity contribution >= 4 is 33.5 Å². The van der Waals surface area contributed by atoms with Crippen LogP contribution in [0.15, 0.2) is 42.1 Å². The van der Waals surface area contributed by atoms with Gasteiger partial charge in [-0.3, -0.25) is 5.41 Å². The van der Waals surface area contributed by atoms with Gasteiger partial charge in [-0.1, -0.05) is 68.2 Å². The summed E-state index contributed by atoms with van der Waals surface area (Å²) < 4.78 is 0. The van der Waals surface area contributed by atoms with Gasteiger partial charge in [0.05, 0.1) is 16.4 Å². The van der Waals surface area contributed by atoms with Gasteiger partial charge in [0.2, 0.25) is 0 Å². The van der Waals surface area contributed by atoms with Crippen LogP contribution in [0, 0.1) is 11.3 Å². The Labute approximate surface area is 158 Å². The lowest BCUT2D eigenvalue weighted by Gasteiger charge is -2.12. The van der Waals surface area contributed by atoms with Crippen LogP contribution in [-0.2, 0) is 6.54 Å². The highest BCUT2D eigenvalue weighted by Gasteiger charge is 2.13. The van der Waals surface area contributed by atoms with Gasteiger partial charge < -0.3 is 5.73 Å². The highest BCUT2D eigenvalue weighted by Crippen LogP contribution is 2.31. The number of hydrogen-bond acceptors (Lipinski definition) is 6. The standard InChI is InChI=1S/C19H24N4S2/c1-12(2)9-18(21)25-13(3)16-10-17(23-19(22-16)24-4)15-8-6-5-7-14(15)11-20/h5-8,10,12,21H,3,9,11,20H2,1-2,4H3. The topological polar surface area (TPSA) is 75.7 Å². The molecule has 0 saturated heterocycles. The van der Waals surface area contributed by atoms with E-state index in [-0.39, 0.29) is 0 Å². The van der Waals surface area contributed by atoms with Crippen molar-refractivity contribution in [2.75, 3.05) is 6.26 Å². The van der Waals surface area contributed by atoms with Crippen molar-refractivity contribution in [1.82, 2.24) is 9.97 Å². The fourth-order valence-electron chi connectivity index (χ4n) is 2.36. The van der Waals surface area contributed by atoms with E-state index in [1.165, 1.54) is 23.5 Å². The quantitative estimate of drug-likeness (QED) is 0.308. The molecule has 1 aromatic heterocycles. The maximum Gasteiger partial charge on any atom is 0.188 e. The molecule has 4 nitrogen and oxygen atoms in total. The molecule has 0 amide bonds. The molecule has 1 heterocycles. The second-order valence-electron chi connectivity index (χ2n) is 6.03. The van der Waals surface area contributed by atoms with Crippen LogP contribution in [0.5, 0.6) is 0 Å². The Morgan fingerprint density at radius 2 is 2.00 bits per heavy atom. The summed E-state index contributed by atoms with van der Waals surface area (Å²) in [5.41, 5.74) is 9.53. The third kappa shape index (κ3) is 5.42. The molecule has 0 atom stereocenters. The fourth-order valence-corrected chi connectivity index (χ4v) is 3.66. The molecule has 0 bridgehead atoms. The van der Waals surface area contributed by atoms with E-state index in [0.717, 1.165) is 33.8 Å². The molecule has 2 aromatic rings.